The summed E-state index contributed by atoms with van der Waals surface area (Å²) in [5.74, 6) is 1.49. The molecule has 3 aromatic carbocycles. The topological polar surface area (TPSA) is 70.5 Å². The van der Waals surface area contributed by atoms with E-state index in [1.807, 2.05) is 113 Å². The van der Waals surface area contributed by atoms with Crippen molar-refractivity contribution in [3.05, 3.63) is 124 Å². The number of piperazine rings is 1. The van der Waals surface area contributed by atoms with Crippen molar-refractivity contribution in [1.29, 1.82) is 0 Å². The predicted octanol–water partition coefficient (Wildman–Crippen LogP) is 5.40. The highest BCUT2D eigenvalue weighted by Crippen LogP contribution is 2.28. The standard InChI is InChI=1S/C32H29N5O2/c1-23-21-28(35-17-19-36(20-18-35)32(39)24-11-5-2-6-12-24)34-31-30(23)27(38)22-29(33-25-13-7-3-8-14-25)37(31)26-15-9-4-10-16-26/h2-16,21-22,33H,17-20H2,1H3. The van der Waals surface area contributed by atoms with Gasteiger partial charge in [-0.3, -0.25) is 14.2 Å². The number of carbonyl (C=O) groups excluding carboxylic acids is 1. The van der Waals surface area contributed by atoms with Crippen molar-refractivity contribution in [3.63, 3.8) is 0 Å². The minimum absolute atomic E-state index is 0.0486. The van der Waals surface area contributed by atoms with E-state index in [9.17, 15) is 9.59 Å². The Morgan fingerprint density at radius 1 is 0.795 bits per heavy atom. The number of nitrogens with zero attached hydrogens (tertiary/aromatic N) is 4. The molecule has 1 saturated heterocycles. The number of carbonyl (C=O) groups is 1. The van der Waals surface area contributed by atoms with E-state index in [1.165, 1.54) is 0 Å². The molecule has 1 N–H and O–H groups in total. The van der Waals surface area contributed by atoms with Gasteiger partial charge < -0.3 is 15.1 Å². The molecule has 7 nitrogen and oxygen atoms in total. The first kappa shape index (κ1) is 24.4. The van der Waals surface area contributed by atoms with Crippen molar-refractivity contribution in [2.24, 2.45) is 0 Å². The maximum Gasteiger partial charge on any atom is 0.253 e. The normalized spacial score (nSPS) is 13.5. The lowest BCUT2D eigenvalue weighted by Gasteiger charge is -2.35. The van der Waals surface area contributed by atoms with E-state index in [0.717, 1.165) is 22.8 Å². The number of pyridine rings is 2. The van der Waals surface area contributed by atoms with Crippen LogP contribution in [0.2, 0.25) is 0 Å². The molecule has 2 aromatic heterocycles. The van der Waals surface area contributed by atoms with Gasteiger partial charge in [0.25, 0.3) is 5.91 Å². The Hall–Kier alpha value is -4.91. The van der Waals surface area contributed by atoms with Crippen molar-refractivity contribution >= 4 is 34.3 Å². The van der Waals surface area contributed by atoms with Crippen LogP contribution in [0.3, 0.4) is 0 Å². The molecule has 1 aliphatic heterocycles. The number of benzene rings is 3. The molecule has 7 heteroatoms. The molecule has 0 unspecified atom stereocenters. The van der Waals surface area contributed by atoms with Crippen LogP contribution in [0.25, 0.3) is 16.7 Å². The zero-order valence-electron chi connectivity index (χ0n) is 21.7. The van der Waals surface area contributed by atoms with E-state index in [4.69, 9.17) is 4.98 Å². The second-order valence-electron chi connectivity index (χ2n) is 9.70. The van der Waals surface area contributed by atoms with Gasteiger partial charge in [0.15, 0.2) is 11.1 Å². The molecule has 0 bridgehead atoms. The fourth-order valence-electron chi connectivity index (χ4n) is 5.14. The van der Waals surface area contributed by atoms with Gasteiger partial charge in [-0.05, 0) is 55.0 Å². The lowest BCUT2D eigenvalue weighted by Crippen LogP contribution is -2.49. The third-order valence-corrected chi connectivity index (χ3v) is 7.12. The number of hydrogen-bond donors (Lipinski definition) is 1. The van der Waals surface area contributed by atoms with Crippen molar-refractivity contribution in [2.45, 2.75) is 6.92 Å². The van der Waals surface area contributed by atoms with Crippen molar-refractivity contribution in [3.8, 4) is 5.69 Å². The number of fused-ring (bicyclic) bond motifs is 1. The van der Waals surface area contributed by atoms with Gasteiger partial charge in [0.05, 0.1) is 5.39 Å². The molecule has 0 atom stereocenters. The van der Waals surface area contributed by atoms with Crippen LogP contribution in [0, 0.1) is 6.92 Å². The summed E-state index contributed by atoms with van der Waals surface area (Å²) in [5.41, 5.74) is 3.89. The molecule has 1 aliphatic rings. The first-order valence-corrected chi connectivity index (χ1v) is 13.1. The summed E-state index contributed by atoms with van der Waals surface area (Å²) in [4.78, 5) is 35.5. The van der Waals surface area contributed by atoms with Crippen LogP contribution in [-0.4, -0.2) is 46.5 Å². The van der Waals surface area contributed by atoms with E-state index in [1.54, 1.807) is 6.07 Å². The molecule has 1 amide bonds. The van der Waals surface area contributed by atoms with E-state index >= 15 is 0 Å². The molecule has 5 aromatic rings. The van der Waals surface area contributed by atoms with Crippen molar-refractivity contribution in [2.75, 3.05) is 36.4 Å². The number of rotatable bonds is 5. The van der Waals surface area contributed by atoms with Gasteiger partial charge in [-0.1, -0.05) is 54.6 Å². The molecule has 0 aliphatic carbocycles. The number of aryl methyl sites for hydroxylation is 1. The number of hydrogen-bond acceptors (Lipinski definition) is 5. The van der Waals surface area contributed by atoms with Crippen LogP contribution in [0.1, 0.15) is 15.9 Å². The minimum Gasteiger partial charge on any atom is -0.353 e. The van der Waals surface area contributed by atoms with Crippen molar-refractivity contribution < 1.29 is 4.79 Å². The van der Waals surface area contributed by atoms with Crippen molar-refractivity contribution in [1.82, 2.24) is 14.5 Å². The highest BCUT2D eigenvalue weighted by atomic mass is 16.2. The molecule has 6 rings (SSSR count). The third-order valence-electron chi connectivity index (χ3n) is 7.12. The summed E-state index contributed by atoms with van der Waals surface area (Å²) in [7, 11) is 0. The first-order valence-electron chi connectivity index (χ1n) is 13.1. The van der Waals surface area contributed by atoms with Crippen LogP contribution in [0.5, 0.6) is 0 Å². The van der Waals surface area contributed by atoms with Gasteiger partial charge in [-0.15, -0.1) is 0 Å². The lowest BCUT2D eigenvalue weighted by atomic mass is 10.1. The molecular formula is C32H29N5O2. The smallest absolute Gasteiger partial charge is 0.253 e. The monoisotopic (exact) mass is 515 g/mol. The van der Waals surface area contributed by atoms with Crippen LogP contribution < -0.4 is 15.6 Å². The van der Waals surface area contributed by atoms with Crippen LogP contribution in [0.15, 0.2) is 108 Å². The third kappa shape index (κ3) is 4.86. The van der Waals surface area contributed by atoms with Crippen LogP contribution >= 0.6 is 0 Å². The Labute approximate surface area is 227 Å². The molecule has 3 heterocycles. The maximum absolute atomic E-state index is 13.4. The minimum atomic E-state index is -0.0783. The summed E-state index contributed by atoms with van der Waals surface area (Å²) >= 11 is 0. The number of nitrogens with one attached hydrogen (secondary N) is 1. The summed E-state index contributed by atoms with van der Waals surface area (Å²) in [5, 5.41) is 4.02. The van der Waals surface area contributed by atoms with Crippen LogP contribution in [-0.2, 0) is 0 Å². The summed E-state index contributed by atoms with van der Waals surface area (Å²) in [6, 6.07) is 32.8. The summed E-state index contributed by atoms with van der Waals surface area (Å²) < 4.78 is 2.01. The largest absolute Gasteiger partial charge is 0.353 e. The van der Waals surface area contributed by atoms with Gasteiger partial charge in [0.1, 0.15) is 11.6 Å². The fraction of sp³-hybridized carbons (Fsp3) is 0.156. The number of amides is 1. The number of anilines is 3. The number of para-hydroxylation sites is 2. The zero-order chi connectivity index (χ0) is 26.8. The summed E-state index contributed by atoms with van der Waals surface area (Å²) in [6.07, 6.45) is 0. The van der Waals surface area contributed by atoms with Gasteiger partial charge >= 0.3 is 0 Å². The van der Waals surface area contributed by atoms with Crippen LogP contribution in [0.4, 0.5) is 17.3 Å². The van der Waals surface area contributed by atoms with E-state index in [2.05, 4.69) is 10.2 Å². The fourth-order valence-corrected chi connectivity index (χ4v) is 5.14. The highest BCUT2D eigenvalue weighted by Gasteiger charge is 2.24. The van der Waals surface area contributed by atoms with E-state index < -0.39 is 0 Å². The SMILES string of the molecule is Cc1cc(N2CCN(C(=O)c3ccccc3)CC2)nc2c1c(=O)cc(Nc1ccccc1)n2-c1ccccc1. The highest BCUT2D eigenvalue weighted by molar-refractivity contribution is 5.94. The molecule has 39 heavy (non-hydrogen) atoms. The van der Waals surface area contributed by atoms with E-state index in [-0.39, 0.29) is 11.3 Å². The predicted molar refractivity (Wildman–Crippen MR) is 156 cm³/mol. The first-order chi connectivity index (χ1) is 19.1. The Morgan fingerprint density at radius 3 is 2.08 bits per heavy atom. The quantitative estimate of drug-likeness (QED) is 0.339. The average molecular weight is 516 g/mol. The Morgan fingerprint density at radius 2 is 1.41 bits per heavy atom. The lowest BCUT2D eigenvalue weighted by molar-refractivity contribution is 0.0746. The maximum atomic E-state index is 13.4. The van der Waals surface area contributed by atoms with E-state index in [0.29, 0.717) is 48.6 Å². The average Bonchev–Trinajstić information content (AvgIpc) is 2.98. The molecule has 0 saturated carbocycles. The molecule has 0 spiro atoms. The Bertz CT molecular complexity index is 1680. The van der Waals surface area contributed by atoms with Gasteiger partial charge in [0, 0.05) is 49.2 Å². The second-order valence-corrected chi connectivity index (χ2v) is 9.70. The molecule has 1 fully saturated rings. The Kier molecular flexibility index (Phi) is 6.55. The summed E-state index contributed by atoms with van der Waals surface area (Å²) in [6.45, 7) is 4.49. The second kappa shape index (κ2) is 10.5. The number of aromatic nitrogens is 2. The van der Waals surface area contributed by atoms with Gasteiger partial charge in [0.2, 0.25) is 0 Å². The Balaban J connectivity index is 1.39. The van der Waals surface area contributed by atoms with Gasteiger partial charge in [-0.25, -0.2) is 4.98 Å². The molecule has 194 valence electrons. The molecular weight excluding hydrogens is 486 g/mol. The molecule has 0 radical (unpaired) electrons. The zero-order valence-corrected chi connectivity index (χ0v) is 21.7. The van der Waals surface area contributed by atoms with Gasteiger partial charge in [-0.2, -0.15) is 0 Å².